The van der Waals surface area contributed by atoms with Crippen molar-refractivity contribution < 1.29 is 0 Å². The molecule has 2 aliphatic rings. The summed E-state index contributed by atoms with van der Waals surface area (Å²) in [6.07, 6.45) is 6.23. The molecule has 0 spiro atoms. The summed E-state index contributed by atoms with van der Waals surface area (Å²) < 4.78 is 0. The normalized spacial score (nSPS) is 28.2. The van der Waals surface area contributed by atoms with Crippen LogP contribution in [0.1, 0.15) is 19.3 Å². The van der Waals surface area contributed by atoms with Crippen LogP contribution in [0.15, 0.2) is 12.7 Å². The molecule has 13 heavy (non-hydrogen) atoms. The second kappa shape index (κ2) is 4.25. The van der Waals surface area contributed by atoms with Crippen LogP contribution in [-0.4, -0.2) is 37.1 Å². The standard InChI is InChI=1S/C11H20N2/c1-2-7-13(11-3-4-11)9-10-5-6-12-8-10/h2,10-12H,1,3-9H2. The van der Waals surface area contributed by atoms with E-state index in [1.807, 2.05) is 6.08 Å². The largest absolute Gasteiger partial charge is 0.316 e. The first kappa shape index (κ1) is 9.22. The molecule has 74 valence electrons. The summed E-state index contributed by atoms with van der Waals surface area (Å²) in [6.45, 7) is 8.64. The summed E-state index contributed by atoms with van der Waals surface area (Å²) in [7, 11) is 0. The smallest absolute Gasteiger partial charge is 0.0163 e. The minimum absolute atomic E-state index is 0.888. The lowest BCUT2D eigenvalue weighted by Crippen LogP contribution is -2.32. The molecule has 0 amide bonds. The fraction of sp³-hybridized carbons (Fsp3) is 0.818. The van der Waals surface area contributed by atoms with Gasteiger partial charge in [0.05, 0.1) is 0 Å². The van der Waals surface area contributed by atoms with Crippen molar-refractivity contribution in [2.75, 3.05) is 26.2 Å². The van der Waals surface area contributed by atoms with Gasteiger partial charge in [-0.3, -0.25) is 4.90 Å². The zero-order valence-electron chi connectivity index (χ0n) is 8.34. The molecule has 2 rings (SSSR count). The van der Waals surface area contributed by atoms with Gasteiger partial charge >= 0.3 is 0 Å². The van der Waals surface area contributed by atoms with Gasteiger partial charge in [0.25, 0.3) is 0 Å². The van der Waals surface area contributed by atoms with Crippen molar-refractivity contribution in [3.05, 3.63) is 12.7 Å². The number of nitrogens with zero attached hydrogens (tertiary/aromatic N) is 1. The molecule has 1 saturated heterocycles. The van der Waals surface area contributed by atoms with Gasteiger partial charge in [-0.2, -0.15) is 0 Å². The van der Waals surface area contributed by atoms with Crippen LogP contribution in [0.2, 0.25) is 0 Å². The van der Waals surface area contributed by atoms with Gasteiger partial charge in [-0.15, -0.1) is 6.58 Å². The van der Waals surface area contributed by atoms with Crippen LogP contribution in [0.5, 0.6) is 0 Å². The lowest BCUT2D eigenvalue weighted by molar-refractivity contribution is 0.250. The van der Waals surface area contributed by atoms with Crippen LogP contribution < -0.4 is 5.32 Å². The molecule has 1 atom stereocenters. The molecular formula is C11H20N2. The van der Waals surface area contributed by atoms with Crippen LogP contribution in [-0.2, 0) is 0 Å². The average molecular weight is 180 g/mol. The predicted molar refractivity (Wildman–Crippen MR) is 55.8 cm³/mol. The topological polar surface area (TPSA) is 15.3 Å². The summed E-state index contributed by atoms with van der Waals surface area (Å²) in [6, 6.07) is 0.888. The maximum absolute atomic E-state index is 3.83. The maximum Gasteiger partial charge on any atom is 0.0163 e. The molecule has 1 aliphatic carbocycles. The van der Waals surface area contributed by atoms with E-state index < -0.39 is 0 Å². The van der Waals surface area contributed by atoms with Crippen molar-refractivity contribution in [1.82, 2.24) is 10.2 Å². The van der Waals surface area contributed by atoms with Gasteiger partial charge in [-0.25, -0.2) is 0 Å². The zero-order valence-corrected chi connectivity index (χ0v) is 8.34. The van der Waals surface area contributed by atoms with Crippen molar-refractivity contribution in [1.29, 1.82) is 0 Å². The Balaban J connectivity index is 1.77. The Morgan fingerprint density at radius 2 is 2.23 bits per heavy atom. The van der Waals surface area contributed by atoms with E-state index in [4.69, 9.17) is 0 Å². The molecule has 1 N–H and O–H groups in total. The summed E-state index contributed by atoms with van der Waals surface area (Å²) in [4.78, 5) is 2.60. The summed E-state index contributed by atoms with van der Waals surface area (Å²) in [5.41, 5.74) is 0. The molecule has 0 aromatic rings. The number of hydrogen-bond acceptors (Lipinski definition) is 2. The molecule has 1 aliphatic heterocycles. The van der Waals surface area contributed by atoms with Gasteiger partial charge < -0.3 is 5.32 Å². The Labute approximate surface area is 81.0 Å². The molecule has 1 saturated carbocycles. The van der Waals surface area contributed by atoms with Crippen LogP contribution in [0, 0.1) is 5.92 Å². The molecule has 1 unspecified atom stereocenters. The Morgan fingerprint density at radius 3 is 2.77 bits per heavy atom. The van der Waals surface area contributed by atoms with Gasteiger partial charge in [0.15, 0.2) is 0 Å². The molecule has 0 radical (unpaired) electrons. The Hall–Kier alpha value is -0.340. The second-order valence-electron chi connectivity index (χ2n) is 4.33. The van der Waals surface area contributed by atoms with Crippen molar-refractivity contribution in [3.63, 3.8) is 0 Å². The van der Waals surface area contributed by atoms with Crippen LogP contribution in [0.3, 0.4) is 0 Å². The van der Waals surface area contributed by atoms with Crippen molar-refractivity contribution in [3.8, 4) is 0 Å². The van der Waals surface area contributed by atoms with Gasteiger partial charge in [0.2, 0.25) is 0 Å². The minimum atomic E-state index is 0.888. The third-order valence-electron chi connectivity index (χ3n) is 3.08. The molecule has 1 heterocycles. The third-order valence-corrected chi connectivity index (χ3v) is 3.08. The number of hydrogen-bond donors (Lipinski definition) is 1. The van der Waals surface area contributed by atoms with E-state index in [-0.39, 0.29) is 0 Å². The van der Waals surface area contributed by atoms with Gasteiger partial charge in [0.1, 0.15) is 0 Å². The lowest BCUT2D eigenvalue weighted by Gasteiger charge is -2.23. The molecule has 2 fully saturated rings. The number of rotatable bonds is 5. The number of nitrogens with one attached hydrogen (secondary N) is 1. The first-order valence-electron chi connectivity index (χ1n) is 5.46. The van der Waals surface area contributed by atoms with Gasteiger partial charge in [-0.05, 0) is 38.3 Å². The maximum atomic E-state index is 3.83. The van der Waals surface area contributed by atoms with Crippen LogP contribution >= 0.6 is 0 Å². The van der Waals surface area contributed by atoms with E-state index in [0.29, 0.717) is 0 Å². The van der Waals surface area contributed by atoms with Gasteiger partial charge in [-0.1, -0.05) is 6.08 Å². The van der Waals surface area contributed by atoms with Gasteiger partial charge in [0, 0.05) is 19.1 Å². The highest BCUT2D eigenvalue weighted by Crippen LogP contribution is 2.28. The highest BCUT2D eigenvalue weighted by molar-refractivity contribution is 4.90. The fourth-order valence-corrected chi connectivity index (χ4v) is 2.18. The molecule has 2 nitrogen and oxygen atoms in total. The van der Waals surface area contributed by atoms with E-state index in [0.717, 1.165) is 18.5 Å². The Bertz CT molecular complexity index is 169. The van der Waals surface area contributed by atoms with Crippen molar-refractivity contribution in [2.24, 2.45) is 5.92 Å². The molecule has 2 heteroatoms. The molecule has 0 bridgehead atoms. The van der Waals surface area contributed by atoms with Crippen LogP contribution in [0.4, 0.5) is 0 Å². The predicted octanol–water partition coefficient (Wildman–Crippen LogP) is 1.25. The average Bonchev–Trinajstić information content (AvgIpc) is 2.85. The quantitative estimate of drug-likeness (QED) is 0.641. The summed E-state index contributed by atoms with van der Waals surface area (Å²) in [5.74, 6) is 0.889. The Morgan fingerprint density at radius 1 is 1.38 bits per heavy atom. The highest BCUT2D eigenvalue weighted by atomic mass is 15.2. The molecule has 0 aromatic carbocycles. The van der Waals surface area contributed by atoms with E-state index in [1.54, 1.807) is 0 Å². The van der Waals surface area contributed by atoms with E-state index in [9.17, 15) is 0 Å². The van der Waals surface area contributed by atoms with E-state index in [1.165, 1.54) is 38.9 Å². The first-order chi connectivity index (χ1) is 6.40. The molecule has 0 aromatic heterocycles. The first-order valence-corrected chi connectivity index (χ1v) is 5.46. The third kappa shape index (κ3) is 2.55. The monoisotopic (exact) mass is 180 g/mol. The van der Waals surface area contributed by atoms with E-state index in [2.05, 4.69) is 16.8 Å². The lowest BCUT2D eigenvalue weighted by atomic mass is 10.1. The molecular weight excluding hydrogens is 160 g/mol. The fourth-order valence-electron chi connectivity index (χ4n) is 2.18. The van der Waals surface area contributed by atoms with Crippen LogP contribution in [0.25, 0.3) is 0 Å². The Kier molecular flexibility index (Phi) is 3.01. The summed E-state index contributed by atoms with van der Waals surface area (Å²) in [5, 5.41) is 3.43. The summed E-state index contributed by atoms with van der Waals surface area (Å²) >= 11 is 0. The highest BCUT2D eigenvalue weighted by Gasteiger charge is 2.30. The second-order valence-corrected chi connectivity index (χ2v) is 4.33. The SMILES string of the molecule is C=CCN(CC1CCNC1)C1CC1. The van der Waals surface area contributed by atoms with E-state index >= 15 is 0 Å². The van der Waals surface area contributed by atoms with Crippen molar-refractivity contribution in [2.45, 2.75) is 25.3 Å². The zero-order chi connectivity index (χ0) is 9.10. The minimum Gasteiger partial charge on any atom is -0.316 e. The van der Waals surface area contributed by atoms with Crippen molar-refractivity contribution >= 4 is 0 Å².